The molecular formula is C67H87N23O15. The third-order valence-corrected chi connectivity index (χ3v) is 25.5. The number of hydrogen-bond donors (Lipinski definition) is 20. The van der Waals surface area contributed by atoms with Crippen LogP contribution in [0.2, 0.25) is 0 Å². The van der Waals surface area contributed by atoms with Crippen LogP contribution in [0.3, 0.4) is 0 Å². The van der Waals surface area contributed by atoms with Crippen LogP contribution < -0.4 is 27.8 Å². The van der Waals surface area contributed by atoms with Crippen molar-refractivity contribution in [1.29, 1.82) is 0 Å². The molecule has 38 heteroatoms. The number of pyridine rings is 2. The molecule has 560 valence electrons. The van der Waals surface area contributed by atoms with E-state index in [4.69, 9.17) is 17.2 Å². The minimum Gasteiger partial charge on any atom is -0.397 e. The molecule has 0 spiro atoms. The van der Waals surface area contributed by atoms with Gasteiger partial charge in [-0.2, -0.15) is 0 Å². The summed E-state index contributed by atoms with van der Waals surface area (Å²) in [6, 6.07) is 1.86. The zero-order valence-electron chi connectivity index (χ0n) is 57.8. The summed E-state index contributed by atoms with van der Waals surface area (Å²) in [5, 5.41) is 157. The van der Waals surface area contributed by atoms with Crippen molar-refractivity contribution in [2.45, 2.75) is 144 Å². The molecule has 10 aromatic heterocycles. The third kappa shape index (κ3) is 10.1. The van der Waals surface area contributed by atoms with Crippen LogP contribution >= 0.6 is 0 Å². The van der Waals surface area contributed by atoms with Gasteiger partial charge in [0.2, 0.25) is 0 Å². The molecule has 10 aliphatic carbocycles. The Kier molecular flexibility index (Phi) is 16.8. The number of hydrogen-bond acceptors (Lipinski definition) is 33. The van der Waals surface area contributed by atoms with Crippen LogP contribution in [0, 0.1) is 77.4 Å². The van der Waals surface area contributed by atoms with Crippen LogP contribution in [-0.4, -0.2) is 272 Å². The maximum absolute atomic E-state index is 10.4. The second-order valence-electron chi connectivity index (χ2n) is 30.5. The average molecular weight is 1450 g/mol. The Morgan fingerprint density at radius 1 is 0.362 bits per heavy atom. The van der Waals surface area contributed by atoms with Crippen LogP contribution in [0.4, 0.5) is 28.8 Å². The fourth-order valence-corrected chi connectivity index (χ4v) is 19.2. The highest BCUT2D eigenvalue weighted by Crippen LogP contribution is 2.71. The number of imidazole rings is 5. The molecule has 38 nitrogen and oxygen atoms in total. The van der Waals surface area contributed by atoms with Crippen LogP contribution in [0.5, 0.6) is 0 Å². The van der Waals surface area contributed by atoms with E-state index in [0.717, 1.165) is 17.6 Å². The molecule has 10 aromatic rings. The maximum atomic E-state index is 10.4. The summed E-state index contributed by atoms with van der Waals surface area (Å²) in [6.07, 6.45) is 5.53. The lowest BCUT2D eigenvalue weighted by Crippen LogP contribution is -2.35. The molecule has 0 amide bonds. The highest BCUT2D eigenvalue weighted by atomic mass is 16.4. The molecule has 10 fully saturated rings. The normalized spacial score (nSPS) is 37.8. The molecule has 0 aliphatic heterocycles. The van der Waals surface area contributed by atoms with Gasteiger partial charge in [-0.05, 0) is 94.6 Å². The molecule has 0 bridgehead atoms. The monoisotopic (exact) mass is 1450 g/mol. The van der Waals surface area contributed by atoms with Gasteiger partial charge < -0.3 is 127 Å². The van der Waals surface area contributed by atoms with E-state index in [0.29, 0.717) is 117 Å². The minimum atomic E-state index is -0.954. The first-order valence-electron chi connectivity index (χ1n) is 35.0. The van der Waals surface area contributed by atoms with Crippen molar-refractivity contribution < 1.29 is 76.6 Å². The molecule has 25 unspecified atom stereocenters. The van der Waals surface area contributed by atoms with Gasteiger partial charge in [0.05, 0.1) is 137 Å². The summed E-state index contributed by atoms with van der Waals surface area (Å²) >= 11 is 0. The largest absolute Gasteiger partial charge is 0.397 e. The van der Waals surface area contributed by atoms with Gasteiger partial charge >= 0.3 is 0 Å². The smallest absolute Gasteiger partial charge is 0.166 e. The van der Waals surface area contributed by atoms with Crippen molar-refractivity contribution in [3.8, 4) is 0 Å². The van der Waals surface area contributed by atoms with Gasteiger partial charge in [-0.25, -0.2) is 64.8 Å². The summed E-state index contributed by atoms with van der Waals surface area (Å²) in [6.45, 7) is 4.68. The van der Waals surface area contributed by atoms with Gasteiger partial charge in [0.15, 0.2) is 45.7 Å². The van der Waals surface area contributed by atoms with Gasteiger partial charge in [-0.1, -0.05) is 0 Å². The minimum absolute atomic E-state index is 0.0152. The number of aliphatic hydroxyl groups excluding tert-OH is 15. The van der Waals surface area contributed by atoms with Crippen molar-refractivity contribution in [2.24, 2.45) is 56.7 Å². The second kappa shape index (κ2) is 24.9. The topological polar surface area (TPSA) is 598 Å². The van der Waals surface area contributed by atoms with E-state index in [9.17, 15) is 76.6 Å². The number of fused-ring (bicyclic) bond motifs is 10. The Hall–Kier alpha value is -8.71. The Bertz CT molecular complexity index is 4900. The lowest BCUT2D eigenvalue weighted by atomic mass is 10.0. The summed E-state index contributed by atoms with van der Waals surface area (Å²) in [4.78, 5) is 55.7. The van der Waals surface area contributed by atoms with E-state index in [2.05, 4.69) is 75.4 Å². The average Bonchev–Trinajstić information content (AvgIpc) is 1.55. The zero-order valence-corrected chi connectivity index (χ0v) is 57.8. The molecule has 10 heterocycles. The molecular weight excluding hydrogens is 1370 g/mol. The molecule has 25 atom stereocenters. The van der Waals surface area contributed by atoms with E-state index >= 15 is 0 Å². The number of nitrogens with two attached hydrogens (primary N) is 3. The highest BCUT2D eigenvalue weighted by molar-refractivity contribution is 5.87. The number of aliphatic hydroxyl groups is 15. The molecule has 10 aliphatic rings. The first-order valence-corrected chi connectivity index (χ1v) is 35.0. The zero-order chi connectivity index (χ0) is 74.4. The Morgan fingerprint density at radius 2 is 0.648 bits per heavy atom. The molecule has 0 aromatic carbocycles. The highest BCUT2D eigenvalue weighted by Gasteiger charge is 2.75. The number of nitrogens with zero attached hydrogens (tertiary/aromatic N) is 18. The molecule has 20 rings (SSSR count). The van der Waals surface area contributed by atoms with Crippen LogP contribution in [-0.2, 0) is 0 Å². The van der Waals surface area contributed by atoms with Crippen molar-refractivity contribution in [3.63, 3.8) is 0 Å². The van der Waals surface area contributed by atoms with E-state index in [1.54, 1.807) is 91.6 Å². The maximum Gasteiger partial charge on any atom is 0.166 e. The van der Waals surface area contributed by atoms with E-state index in [1.165, 1.54) is 0 Å². The number of aromatic nitrogens is 18. The number of aryl methyl sites for hydroxylation is 3. The lowest BCUT2D eigenvalue weighted by Gasteiger charge is -2.23. The van der Waals surface area contributed by atoms with Crippen LogP contribution in [0.25, 0.3) is 55.8 Å². The van der Waals surface area contributed by atoms with Gasteiger partial charge in [-0.15, -0.1) is 0 Å². The predicted octanol–water partition coefficient (Wildman–Crippen LogP) is -3.53. The summed E-state index contributed by atoms with van der Waals surface area (Å²) in [5.74, 6) is 3.06. The number of nitrogen functional groups attached to an aromatic ring is 3. The number of rotatable bonds is 12. The molecule has 10 saturated carbocycles. The van der Waals surface area contributed by atoms with Crippen molar-refractivity contribution in [1.82, 2.24) is 87.6 Å². The summed E-state index contributed by atoms with van der Waals surface area (Å²) in [7, 11) is 3.59. The predicted molar refractivity (Wildman–Crippen MR) is 371 cm³/mol. The van der Waals surface area contributed by atoms with Gasteiger partial charge in [0, 0.05) is 53.6 Å². The Balaban J connectivity index is 0.000000101. The summed E-state index contributed by atoms with van der Waals surface area (Å²) in [5.41, 5.74) is 22.1. The van der Waals surface area contributed by atoms with Crippen LogP contribution in [0.1, 0.15) is 79.8 Å². The molecule has 0 radical (unpaired) electrons. The van der Waals surface area contributed by atoms with E-state index < -0.39 is 88.1 Å². The Morgan fingerprint density at radius 3 is 0.971 bits per heavy atom. The first-order chi connectivity index (χ1) is 50.2. The van der Waals surface area contributed by atoms with Crippen LogP contribution in [0.15, 0.2) is 56.2 Å². The van der Waals surface area contributed by atoms with Crippen molar-refractivity contribution in [2.75, 3.05) is 75.0 Å². The van der Waals surface area contributed by atoms with E-state index in [1.807, 2.05) is 22.2 Å². The molecule has 23 N–H and O–H groups in total. The fraction of sp³-hybridized carbons (Fsp3) is 0.597. The standard InChI is InChI=1S/C14H19N5O3.C14H18N4O3.2C13H17N5O3.C13H16N4O3/c1-6-17-12(15-2)8-13(18-6)19(5-16-8)9-7-3-14(7,4-20)11(22)10(9)21;1-15-8-2-3-16-13-9(8)17-6-18(13)10-7-4-14(7,5-19)12(21)11(10)20;2*1-5-16-11(14)7-12(17-5)18(4-15-7)8-6-2-13(6,3-19)10(21)9(8)20;14-7-1-2-15-12-8(7)16-5-17(12)9-6-3-13(6,4-18)11(20)10(9)19/h5,7,9-11,20-22H,3-4H2,1-2H3,(H,15,17,18);2-3,6-7,10-12,19-21H,4-5H2,1H3,(H,15,16);2*4,6,8-10,19-21H,2-3H2,1H3,(H2,14,16,17);1-2,5-6,9-11,18-20H,3-4H2,(H2,14,15). The molecule has 105 heavy (non-hydrogen) atoms. The van der Waals surface area contributed by atoms with Gasteiger partial charge in [0.25, 0.3) is 0 Å². The van der Waals surface area contributed by atoms with Crippen molar-refractivity contribution >= 4 is 84.6 Å². The number of nitrogens with one attached hydrogen (secondary N) is 2. The lowest BCUT2D eigenvalue weighted by molar-refractivity contribution is -0.0301. The van der Waals surface area contributed by atoms with Gasteiger partial charge in [-0.3, -0.25) is 0 Å². The SMILES string of the molecule is CNc1ccnc2c1ncn2C1C(O)C(O)C2(CO)CC12.CNc1nc(C)nc2c1ncn2C1C(O)C(O)C2(CO)CC12.Cc1nc(N)c2ncn(C3C(O)C(O)C4(CO)CC34)c2n1.Cc1nc(N)c2ncn(C3C(O)C(O)C4(CO)CC34)c2n1.Nc1ccnc2c1ncn2C1C(O)C(O)C2(CO)CC12. The first kappa shape index (κ1) is 70.6. The van der Waals surface area contributed by atoms with Crippen molar-refractivity contribution in [3.05, 3.63) is 73.6 Å². The van der Waals surface area contributed by atoms with Gasteiger partial charge in [0.1, 0.15) is 75.6 Å². The molecule has 0 saturated heterocycles. The quantitative estimate of drug-likeness (QED) is 0.0564. The number of anilines is 5. The summed E-state index contributed by atoms with van der Waals surface area (Å²) < 4.78 is 8.92. The fourth-order valence-electron chi connectivity index (χ4n) is 19.2. The Labute approximate surface area is 596 Å². The van der Waals surface area contributed by atoms with E-state index in [-0.39, 0.29) is 92.8 Å². The second-order valence-corrected chi connectivity index (χ2v) is 30.5. The third-order valence-electron chi connectivity index (χ3n) is 25.5.